The van der Waals surface area contributed by atoms with Crippen molar-refractivity contribution in [3.63, 3.8) is 0 Å². The van der Waals surface area contributed by atoms with Crippen LogP contribution < -0.4 is 0 Å². The highest BCUT2D eigenvalue weighted by molar-refractivity contribution is 7.93. The zero-order valence-corrected chi connectivity index (χ0v) is 21.0. The molecule has 0 amide bonds. The predicted molar refractivity (Wildman–Crippen MR) is 127 cm³/mol. The second kappa shape index (κ2) is 8.27. The van der Waals surface area contributed by atoms with E-state index in [0.29, 0.717) is 17.7 Å². The number of aliphatic imine (C=N–C) groups is 1. The monoisotopic (exact) mass is 447 g/mol. The van der Waals surface area contributed by atoms with Gasteiger partial charge in [-0.15, -0.1) is 0 Å². The van der Waals surface area contributed by atoms with Gasteiger partial charge in [0.1, 0.15) is 4.75 Å². The summed E-state index contributed by atoms with van der Waals surface area (Å²) in [6, 6.07) is 8.92. The van der Waals surface area contributed by atoms with Gasteiger partial charge in [-0.2, -0.15) is 0 Å². The maximum Gasteiger partial charge on any atom is 0.250 e. The van der Waals surface area contributed by atoms with Crippen LogP contribution in [-0.2, 0) is 14.3 Å². The average Bonchev–Trinajstić information content (AvgIpc) is 2.67. The van der Waals surface area contributed by atoms with Crippen molar-refractivity contribution in [3.8, 4) is 0 Å². The largest absolute Gasteiger partial charge is 0.547 e. The normalized spacial score (nSPS) is 25.2. The van der Waals surface area contributed by atoms with Crippen molar-refractivity contribution < 1.29 is 12.8 Å². The highest BCUT2D eigenvalue weighted by atomic mass is 32.2. The Morgan fingerprint density at radius 1 is 1.23 bits per heavy atom. The van der Waals surface area contributed by atoms with Crippen molar-refractivity contribution in [3.05, 3.63) is 42.7 Å². The fourth-order valence-corrected chi connectivity index (χ4v) is 8.31. The maximum atomic E-state index is 14.0. The molecule has 4 nitrogen and oxygen atoms in total. The molecule has 1 aliphatic carbocycles. The molecule has 1 aliphatic heterocycles. The highest BCUT2D eigenvalue weighted by Gasteiger charge is 2.56. The minimum atomic E-state index is -3.57. The van der Waals surface area contributed by atoms with Crippen LogP contribution in [0.4, 0.5) is 0 Å². The Bertz CT molecular complexity index is 916. The van der Waals surface area contributed by atoms with E-state index < -0.39 is 22.9 Å². The molecule has 2 atom stereocenters. The van der Waals surface area contributed by atoms with Crippen molar-refractivity contribution in [2.45, 2.75) is 87.1 Å². The standard InChI is InChI=1S/C24H37NO3SSi/c1-19(28-30(5,6)23(2,3)4)18-20-12-10-15-22-24(20,16-11-17-25-22)29(26,27)21-13-8-7-9-14-21/h7-9,13-14,20H,1,10-12,15-18H2,2-6H3/t20-,24-/m0/s1. The molecule has 0 unspecified atom stereocenters. The Kier molecular flexibility index (Phi) is 6.41. The van der Waals surface area contributed by atoms with Crippen LogP contribution in [0.5, 0.6) is 0 Å². The first-order valence-corrected chi connectivity index (χ1v) is 15.5. The molecule has 1 aromatic carbocycles. The van der Waals surface area contributed by atoms with Crippen LogP contribution in [0.2, 0.25) is 18.1 Å². The summed E-state index contributed by atoms with van der Waals surface area (Å²) in [6.07, 6.45) is 4.65. The summed E-state index contributed by atoms with van der Waals surface area (Å²) >= 11 is 0. The number of hydrogen-bond acceptors (Lipinski definition) is 4. The summed E-state index contributed by atoms with van der Waals surface area (Å²) in [5.41, 5.74) is 0.883. The van der Waals surface area contributed by atoms with Gasteiger partial charge in [0.15, 0.2) is 9.84 Å². The molecule has 1 saturated carbocycles. The molecule has 0 saturated heterocycles. The summed E-state index contributed by atoms with van der Waals surface area (Å²) in [7, 11) is -5.58. The van der Waals surface area contributed by atoms with E-state index in [2.05, 4.69) is 40.4 Å². The van der Waals surface area contributed by atoms with Crippen LogP contribution in [0, 0.1) is 5.92 Å². The second-order valence-corrected chi connectivity index (χ2v) is 17.3. The summed E-state index contributed by atoms with van der Waals surface area (Å²) in [6.45, 7) is 16.0. The average molecular weight is 448 g/mol. The van der Waals surface area contributed by atoms with Crippen molar-refractivity contribution in [2.75, 3.05) is 6.54 Å². The molecule has 0 aromatic heterocycles. The SMILES string of the molecule is C=C(C[C@@H]1CCCC2=NCCC[C@@]21S(=O)(=O)c1ccccc1)O[Si](C)(C)C(C)(C)C. The first-order valence-electron chi connectivity index (χ1n) is 11.1. The molecular weight excluding hydrogens is 410 g/mol. The number of benzene rings is 1. The van der Waals surface area contributed by atoms with E-state index in [9.17, 15) is 8.42 Å². The van der Waals surface area contributed by atoms with Gasteiger partial charge in [0.05, 0.1) is 10.7 Å². The minimum Gasteiger partial charge on any atom is -0.547 e. The van der Waals surface area contributed by atoms with Gasteiger partial charge in [-0.25, -0.2) is 8.42 Å². The molecule has 6 heteroatoms. The van der Waals surface area contributed by atoms with E-state index in [4.69, 9.17) is 9.42 Å². The molecule has 0 radical (unpaired) electrons. The molecule has 0 spiro atoms. The molecule has 166 valence electrons. The fraction of sp³-hybridized carbons (Fsp3) is 0.625. The third kappa shape index (κ3) is 4.05. The summed E-state index contributed by atoms with van der Waals surface area (Å²) in [5.74, 6) is 0.689. The molecular formula is C24H37NO3SSi. The van der Waals surface area contributed by atoms with Crippen LogP contribution in [0.25, 0.3) is 0 Å². The lowest BCUT2D eigenvalue weighted by molar-refractivity contribution is 0.283. The first kappa shape index (κ1) is 23.3. The van der Waals surface area contributed by atoms with Gasteiger partial charge in [0.25, 0.3) is 0 Å². The van der Waals surface area contributed by atoms with Gasteiger partial charge in [-0.05, 0) is 68.3 Å². The molecule has 3 rings (SSSR count). The number of allylic oxidation sites excluding steroid dienone is 1. The lowest BCUT2D eigenvalue weighted by atomic mass is 9.71. The maximum absolute atomic E-state index is 14.0. The molecule has 1 aromatic rings. The zero-order chi connectivity index (χ0) is 22.2. The van der Waals surface area contributed by atoms with Gasteiger partial charge in [-0.3, -0.25) is 4.99 Å². The third-order valence-corrected chi connectivity index (χ3v) is 14.4. The van der Waals surface area contributed by atoms with Crippen molar-refractivity contribution in [1.29, 1.82) is 0 Å². The number of nitrogens with zero attached hydrogens (tertiary/aromatic N) is 1. The molecule has 0 bridgehead atoms. The highest BCUT2D eigenvalue weighted by Crippen LogP contribution is 2.49. The Morgan fingerprint density at radius 2 is 1.90 bits per heavy atom. The third-order valence-electron chi connectivity index (χ3n) is 7.34. The summed E-state index contributed by atoms with van der Waals surface area (Å²) in [5, 5.41) is 0.0771. The van der Waals surface area contributed by atoms with E-state index in [-0.39, 0.29) is 11.0 Å². The predicted octanol–water partition coefficient (Wildman–Crippen LogP) is 6.16. The van der Waals surface area contributed by atoms with E-state index >= 15 is 0 Å². The van der Waals surface area contributed by atoms with Gasteiger partial charge in [0, 0.05) is 18.7 Å². The van der Waals surface area contributed by atoms with E-state index in [1.807, 2.05) is 6.07 Å². The quantitative estimate of drug-likeness (QED) is 0.387. The van der Waals surface area contributed by atoms with Gasteiger partial charge in [-0.1, -0.05) is 45.5 Å². The van der Waals surface area contributed by atoms with Gasteiger partial charge in [0.2, 0.25) is 8.32 Å². The zero-order valence-electron chi connectivity index (χ0n) is 19.2. The minimum absolute atomic E-state index is 0.0484. The van der Waals surface area contributed by atoms with Crippen molar-refractivity contribution >= 4 is 23.9 Å². The first-order chi connectivity index (χ1) is 13.9. The van der Waals surface area contributed by atoms with E-state index in [0.717, 1.165) is 43.7 Å². The Labute approximate surface area is 183 Å². The lowest BCUT2D eigenvalue weighted by Crippen LogP contribution is -2.56. The van der Waals surface area contributed by atoms with Crippen LogP contribution in [0.3, 0.4) is 0 Å². The Balaban J connectivity index is 1.98. The van der Waals surface area contributed by atoms with Crippen molar-refractivity contribution in [2.24, 2.45) is 10.9 Å². The van der Waals surface area contributed by atoms with Crippen molar-refractivity contribution in [1.82, 2.24) is 0 Å². The molecule has 0 N–H and O–H groups in total. The summed E-state index contributed by atoms with van der Waals surface area (Å²) in [4.78, 5) is 5.17. The lowest BCUT2D eigenvalue weighted by Gasteiger charge is -2.47. The van der Waals surface area contributed by atoms with E-state index in [1.165, 1.54) is 0 Å². The summed E-state index contributed by atoms with van der Waals surface area (Å²) < 4.78 is 33.6. The topological polar surface area (TPSA) is 55.7 Å². The molecule has 30 heavy (non-hydrogen) atoms. The number of sulfone groups is 1. The fourth-order valence-electron chi connectivity index (χ4n) is 4.73. The Morgan fingerprint density at radius 3 is 2.53 bits per heavy atom. The second-order valence-electron chi connectivity index (χ2n) is 10.3. The Hall–Kier alpha value is -1.40. The molecule has 2 aliphatic rings. The number of hydrogen-bond donors (Lipinski definition) is 0. The van der Waals surface area contributed by atoms with Crippen LogP contribution in [-0.4, -0.2) is 33.7 Å². The number of rotatable bonds is 6. The van der Waals surface area contributed by atoms with Gasteiger partial charge < -0.3 is 4.43 Å². The number of fused-ring (bicyclic) bond motifs is 1. The van der Waals surface area contributed by atoms with Crippen LogP contribution >= 0.6 is 0 Å². The molecule has 1 fully saturated rings. The molecule has 1 heterocycles. The van der Waals surface area contributed by atoms with Crippen LogP contribution in [0.15, 0.2) is 52.6 Å². The van der Waals surface area contributed by atoms with Gasteiger partial charge >= 0.3 is 0 Å². The van der Waals surface area contributed by atoms with E-state index in [1.54, 1.807) is 24.3 Å². The smallest absolute Gasteiger partial charge is 0.250 e. The van der Waals surface area contributed by atoms with Crippen LogP contribution in [0.1, 0.15) is 59.3 Å².